The van der Waals surface area contributed by atoms with Gasteiger partial charge in [-0.15, -0.1) is 0 Å². The van der Waals surface area contributed by atoms with E-state index in [0.29, 0.717) is 26.1 Å². The quantitative estimate of drug-likeness (QED) is 0.483. The van der Waals surface area contributed by atoms with E-state index in [9.17, 15) is 14.9 Å². The molecule has 0 atom stereocenters. The zero-order valence-electron chi connectivity index (χ0n) is 10.3. The second-order valence-electron chi connectivity index (χ2n) is 4.36. The molecule has 0 unspecified atom stereocenters. The Morgan fingerprint density at radius 3 is 2.74 bits per heavy atom. The molecule has 2 rings (SSSR count). The van der Waals surface area contributed by atoms with Crippen molar-refractivity contribution < 1.29 is 14.5 Å². The summed E-state index contributed by atoms with van der Waals surface area (Å²) in [5, 5.41) is 13.7. The Morgan fingerprint density at radius 2 is 2.11 bits per heavy atom. The minimum atomic E-state index is -0.631. The van der Waals surface area contributed by atoms with E-state index in [1.165, 1.54) is 18.2 Å². The van der Waals surface area contributed by atoms with E-state index in [4.69, 9.17) is 10.5 Å². The maximum Gasteiger partial charge on any atom is 0.304 e. The van der Waals surface area contributed by atoms with Crippen LogP contribution < -0.4 is 11.1 Å². The van der Waals surface area contributed by atoms with E-state index in [-0.39, 0.29) is 23.0 Å². The number of nitro groups is 1. The molecule has 1 fully saturated rings. The van der Waals surface area contributed by atoms with Gasteiger partial charge in [0.15, 0.2) is 0 Å². The minimum Gasteiger partial charge on any atom is -0.393 e. The van der Waals surface area contributed by atoms with Crippen LogP contribution in [-0.4, -0.2) is 30.1 Å². The number of para-hydroxylation sites is 1. The number of nitrogens with zero attached hydrogens (tertiary/aromatic N) is 1. The number of ether oxygens (including phenoxy) is 1. The summed E-state index contributed by atoms with van der Waals surface area (Å²) in [4.78, 5) is 22.4. The minimum absolute atomic E-state index is 0.00325. The lowest BCUT2D eigenvalue weighted by Crippen LogP contribution is -2.39. The van der Waals surface area contributed by atoms with Crippen LogP contribution in [0.25, 0.3) is 0 Å². The number of nitrogens with one attached hydrogen (secondary N) is 1. The first-order chi connectivity index (χ1) is 9.09. The molecule has 0 aromatic heterocycles. The molecule has 0 spiro atoms. The van der Waals surface area contributed by atoms with Gasteiger partial charge < -0.3 is 15.8 Å². The van der Waals surface area contributed by atoms with Crippen LogP contribution in [0.4, 0.5) is 11.4 Å². The first-order valence-electron chi connectivity index (χ1n) is 6.01. The third-order valence-electron chi connectivity index (χ3n) is 3.05. The van der Waals surface area contributed by atoms with Gasteiger partial charge in [-0.2, -0.15) is 0 Å². The van der Waals surface area contributed by atoms with E-state index in [1.54, 1.807) is 0 Å². The number of hydrogen-bond donors (Lipinski definition) is 2. The Balaban J connectivity index is 2.18. The number of anilines is 1. The summed E-state index contributed by atoms with van der Waals surface area (Å²) in [6, 6.07) is 4.33. The molecule has 1 aromatic rings. The molecule has 19 heavy (non-hydrogen) atoms. The van der Waals surface area contributed by atoms with Crippen molar-refractivity contribution in [1.29, 1.82) is 0 Å². The molecule has 1 aliphatic rings. The fraction of sp³-hybridized carbons (Fsp3) is 0.417. The average molecular weight is 265 g/mol. The van der Waals surface area contributed by atoms with Crippen molar-refractivity contribution in [3.8, 4) is 0 Å². The van der Waals surface area contributed by atoms with E-state index in [2.05, 4.69) is 5.32 Å². The SMILES string of the molecule is Nc1cccc(C(=O)NC2CCOCC2)c1[N+](=O)[O-]. The van der Waals surface area contributed by atoms with Crippen LogP contribution in [-0.2, 0) is 4.74 Å². The van der Waals surface area contributed by atoms with E-state index >= 15 is 0 Å². The Hall–Kier alpha value is -2.15. The van der Waals surface area contributed by atoms with Crippen LogP contribution in [0.2, 0.25) is 0 Å². The van der Waals surface area contributed by atoms with Crippen LogP contribution in [0, 0.1) is 10.1 Å². The van der Waals surface area contributed by atoms with Crippen LogP contribution in [0.1, 0.15) is 23.2 Å². The molecular formula is C12H15N3O4. The van der Waals surface area contributed by atoms with Crippen molar-refractivity contribution in [2.45, 2.75) is 18.9 Å². The Kier molecular flexibility index (Phi) is 3.96. The van der Waals surface area contributed by atoms with Crippen molar-refractivity contribution in [1.82, 2.24) is 5.32 Å². The number of nitrogen functional groups attached to an aromatic ring is 1. The summed E-state index contributed by atoms with van der Waals surface area (Å²) in [6.07, 6.45) is 1.42. The molecule has 3 N–H and O–H groups in total. The topological polar surface area (TPSA) is 107 Å². The molecule has 7 heteroatoms. The van der Waals surface area contributed by atoms with Crippen molar-refractivity contribution in [3.63, 3.8) is 0 Å². The van der Waals surface area contributed by atoms with Crippen LogP contribution in [0.3, 0.4) is 0 Å². The lowest BCUT2D eigenvalue weighted by molar-refractivity contribution is -0.384. The van der Waals surface area contributed by atoms with Gasteiger partial charge in [0.1, 0.15) is 11.3 Å². The monoisotopic (exact) mass is 265 g/mol. The zero-order valence-corrected chi connectivity index (χ0v) is 10.3. The van der Waals surface area contributed by atoms with Crippen molar-refractivity contribution in [3.05, 3.63) is 33.9 Å². The van der Waals surface area contributed by atoms with Crippen molar-refractivity contribution in [2.75, 3.05) is 18.9 Å². The van der Waals surface area contributed by atoms with Gasteiger partial charge in [0.2, 0.25) is 0 Å². The summed E-state index contributed by atoms with van der Waals surface area (Å²) in [5.74, 6) is -0.467. The Morgan fingerprint density at radius 1 is 1.42 bits per heavy atom. The summed E-state index contributed by atoms with van der Waals surface area (Å²) >= 11 is 0. The van der Waals surface area contributed by atoms with Crippen LogP contribution in [0.5, 0.6) is 0 Å². The lowest BCUT2D eigenvalue weighted by Gasteiger charge is -2.23. The highest BCUT2D eigenvalue weighted by Gasteiger charge is 2.25. The molecule has 1 saturated heterocycles. The van der Waals surface area contributed by atoms with Crippen molar-refractivity contribution >= 4 is 17.3 Å². The van der Waals surface area contributed by atoms with Gasteiger partial charge in [-0.25, -0.2) is 0 Å². The number of amides is 1. The number of benzene rings is 1. The van der Waals surface area contributed by atoms with Crippen LogP contribution >= 0.6 is 0 Å². The molecule has 0 aliphatic carbocycles. The number of carbonyl (C=O) groups is 1. The molecular weight excluding hydrogens is 250 g/mol. The number of hydrogen-bond acceptors (Lipinski definition) is 5. The smallest absolute Gasteiger partial charge is 0.304 e. The molecule has 1 aliphatic heterocycles. The zero-order chi connectivity index (χ0) is 13.8. The normalized spacial score (nSPS) is 16.0. The van der Waals surface area contributed by atoms with Gasteiger partial charge in [0, 0.05) is 19.3 Å². The molecule has 0 bridgehead atoms. The Bertz CT molecular complexity index is 498. The fourth-order valence-corrected chi connectivity index (χ4v) is 2.05. The maximum absolute atomic E-state index is 12.1. The first kappa shape index (κ1) is 13.3. The maximum atomic E-state index is 12.1. The third-order valence-corrected chi connectivity index (χ3v) is 3.05. The summed E-state index contributed by atoms with van der Waals surface area (Å²) in [6.45, 7) is 1.17. The highest BCUT2D eigenvalue weighted by Crippen LogP contribution is 2.26. The highest BCUT2D eigenvalue weighted by molar-refractivity contribution is 6.00. The van der Waals surface area contributed by atoms with Gasteiger partial charge >= 0.3 is 5.69 Å². The molecule has 7 nitrogen and oxygen atoms in total. The second kappa shape index (κ2) is 5.66. The van der Waals surface area contributed by atoms with Crippen molar-refractivity contribution in [2.24, 2.45) is 0 Å². The molecule has 1 aromatic carbocycles. The first-order valence-corrected chi connectivity index (χ1v) is 6.01. The number of nitrogens with two attached hydrogens (primary N) is 1. The number of carbonyl (C=O) groups excluding carboxylic acids is 1. The Labute approximate surface area is 109 Å². The van der Waals surface area contributed by atoms with Gasteiger partial charge in [-0.3, -0.25) is 14.9 Å². The molecule has 1 heterocycles. The highest BCUT2D eigenvalue weighted by atomic mass is 16.6. The summed E-state index contributed by atoms with van der Waals surface area (Å²) < 4.78 is 5.19. The second-order valence-corrected chi connectivity index (χ2v) is 4.36. The van der Waals surface area contributed by atoms with Crippen LogP contribution in [0.15, 0.2) is 18.2 Å². The van der Waals surface area contributed by atoms with Gasteiger partial charge in [0.05, 0.1) is 4.92 Å². The number of rotatable bonds is 3. The lowest BCUT2D eigenvalue weighted by atomic mass is 10.1. The van der Waals surface area contributed by atoms with E-state index in [0.717, 1.165) is 0 Å². The molecule has 0 radical (unpaired) electrons. The van der Waals surface area contributed by atoms with Gasteiger partial charge in [-0.05, 0) is 25.0 Å². The predicted molar refractivity (Wildman–Crippen MR) is 68.8 cm³/mol. The summed E-state index contributed by atoms with van der Waals surface area (Å²) in [7, 11) is 0. The van der Waals surface area contributed by atoms with Gasteiger partial charge in [-0.1, -0.05) is 6.07 Å². The molecule has 0 saturated carbocycles. The molecule has 1 amide bonds. The average Bonchev–Trinajstić information content (AvgIpc) is 2.39. The van der Waals surface area contributed by atoms with E-state index in [1.807, 2.05) is 0 Å². The fourth-order valence-electron chi connectivity index (χ4n) is 2.05. The summed E-state index contributed by atoms with van der Waals surface area (Å²) in [5.41, 5.74) is 5.20. The molecule has 102 valence electrons. The van der Waals surface area contributed by atoms with Gasteiger partial charge in [0.25, 0.3) is 5.91 Å². The predicted octanol–water partition coefficient (Wildman–Crippen LogP) is 1.09. The third kappa shape index (κ3) is 3.00. The van der Waals surface area contributed by atoms with E-state index < -0.39 is 10.8 Å². The standard InChI is InChI=1S/C12H15N3O4/c13-10-3-1-2-9(11(10)15(17)18)12(16)14-8-4-6-19-7-5-8/h1-3,8H,4-7,13H2,(H,14,16). The largest absolute Gasteiger partial charge is 0.393 e. The number of nitro benzene ring substituents is 1.